The lowest BCUT2D eigenvalue weighted by Gasteiger charge is -2.20. The Balaban J connectivity index is 1.75. The van der Waals surface area contributed by atoms with E-state index in [1.807, 2.05) is 0 Å². The summed E-state index contributed by atoms with van der Waals surface area (Å²) in [6.45, 7) is 0. The summed E-state index contributed by atoms with van der Waals surface area (Å²) in [5, 5.41) is 8.33. The molecule has 98 valence electrons. The van der Waals surface area contributed by atoms with E-state index in [0.717, 1.165) is 31.4 Å². The number of carbonyl (C=O) groups excluding carboxylic acids is 2. The minimum Gasteiger partial charge on any atom is -0.478 e. The number of carboxylic acid groups (broad SMARTS) is 1. The normalized spacial score (nSPS) is 29.4. The van der Waals surface area contributed by atoms with E-state index >= 15 is 0 Å². The first kappa shape index (κ1) is 12.6. The molecule has 0 unspecified atom stereocenters. The highest BCUT2D eigenvalue weighted by Crippen LogP contribution is 2.48. The maximum absolute atomic E-state index is 11.8. The number of carbonyl (C=O) groups is 3. The third-order valence-corrected chi connectivity index (χ3v) is 3.76. The highest BCUT2D eigenvalue weighted by molar-refractivity contribution is 5.95. The summed E-state index contributed by atoms with van der Waals surface area (Å²) in [4.78, 5) is 33.1. The van der Waals surface area contributed by atoms with Crippen molar-refractivity contribution in [2.45, 2.75) is 25.7 Å². The van der Waals surface area contributed by atoms with Crippen molar-refractivity contribution in [1.29, 1.82) is 0 Å². The quantitative estimate of drug-likeness (QED) is 0.494. The Kier molecular flexibility index (Phi) is 3.64. The molecule has 18 heavy (non-hydrogen) atoms. The lowest BCUT2D eigenvalue weighted by Crippen LogP contribution is -2.45. The predicted molar refractivity (Wildman–Crippen MR) is 62.0 cm³/mol. The number of amides is 2. The number of hydrogen-bond donors (Lipinski definition) is 3. The van der Waals surface area contributed by atoms with Crippen LogP contribution in [0.3, 0.4) is 0 Å². The van der Waals surface area contributed by atoms with Crippen LogP contribution in [-0.2, 0) is 14.4 Å². The fourth-order valence-corrected chi connectivity index (χ4v) is 2.97. The molecule has 0 spiro atoms. The van der Waals surface area contributed by atoms with Crippen LogP contribution in [0.1, 0.15) is 25.7 Å². The van der Waals surface area contributed by atoms with Gasteiger partial charge in [-0.25, -0.2) is 4.79 Å². The van der Waals surface area contributed by atoms with Crippen molar-refractivity contribution in [2.75, 3.05) is 0 Å². The Morgan fingerprint density at radius 3 is 2.39 bits per heavy atom. The fraction of sp³-hybridized carbons (Fsp3) is 0.583. The van der Waals surface area contributed by atoms with Gasteiger partial charge in [-0.2, -0.15) is 0 Å². The van der Waals surface area contributed by atoms with E-state index in [9.17, 15) is 14.4 Å². The van der Waals surface area contributed by atoms with Crippen LogP contribution in [0.4, 0.5) is 0 Å². The molecule has 2 amide bonds. The summed E-state index contributed by atoms with van der Waals surface area (Å²) in [7, 11) is 0. The summed E-state index contributed by atoms with van der Waals surface area (Å²) in [6.07, 6.45) is 5.91. The maximum atomic E-state index is 11.8. The highest BCUT2D eigenvalue weighted by atomic mass is 16.4. The van der Waals surface area contributed by atoms with Crippen LogP contribution in [0.5, 0.6) is 0 Å². The van der Waals surface area contributed by atoms with Gasteiger partial charge in [-0.3, -0.25) is 20.4 Å². The van der Waals surface area contributed by atoms with E-state index in [1.54, 1.807) is 0 Å². The highest BCUT2D eigenvalue weighted by Gasteiger charge is 2.43. The van der Waals surface area contributed by atoms with Crippen LogP contribution in [0.15, 0.2) is 12.2 Å². The van der Waals surface area contributed by atoms with Gasteiger partial charge >= 0.3 is 5.97 Å². The van der Waals surface area contributed by atoms with Crippen LogP contribution in [0.25, 0.3) is 0 Å². The van der Waals surface area contributed by atoms with Crippen molar-refractivity contribution < 1.29 is 19.5 Å². The molecule has 2 fully saturated rings. The van der Waals surface area contributed by atoms with Crippen molar-refractivity contribution in [1.82, 2.24) is 10.9 Å². The largest absolute Gasteiger partial charge is 0.478 e. The van der Waals surface area contributed by atoms with Gasteiger partial charge in [0.25, 0.3) is 5.91 Å². The van der Waals surface area contributed by atoms with E-state index in [2.05, 4.69) is 10.9 Å². The van der Waals surface area contributed by atoms with Crippen molar-refractivity contribution >= 4 is 17.8 Å². The second-order valence-electron chi connectivity index (χ2n) is 4.93. The Morgan fingerprint density at radius 2 is 1.83 bits per heavy atom. The average Bonchev–Trinajstić information content (AvgIpc) is 2.95. The monoisotopic (exact) mass is 252 g/mol. The standard InChI is InChI=1S/C12H16N2O4/c15-10(3-4-11(16)17)13-14-12(18)9-6-7-1-2-8(9)5-7/h3-4,7-9H,1-2,5-6H2,(H,13,15)(H,14,18)(H,16,17)/b4-3-/t7-,8-,9+/m0/s1. The van der Waals surface area contributed by atoms with Crippen LogP contribution in [-0.4, -0.2) is 22.9 Å². The topological polar surface area (TPSA) is 95.5 Å². The van der Waals surface area contributed by atoms with Gasteiger partial charge in [0.05, 0.1) is 0 Å². The van der Waals surface area contributed by atoms with Gasteiger partial charge in [0.15, 0.2) is 0 Å². The molecule has 0 heterocycles. The smallest absolute Gasteiger partial charge is 0.328 e. The molecule has 0 saturated heterocycles. The molecule has 0 radical (unpaired) electrons. The summed E-state index contributed by atoms with van der Waals surface area (Å²) in [6, 6.07) is 0. The van der Waals surface area contributed by atoms with Crippen LogP contribution in [0.2, 0.25) is 0 Å². The van der Waals surface area contributed by atoms with Gasteiger partial charge in [-0.1, -0.05) is 6.42 Å². The number of carboxylic acids is 1. The number of hydrogen-bond acceptors (Lipinski definition) is 3. The molecular formula is C12H16N2O4. The van der Waals surface area contributed by atoms with E-state index < -0.39 is 11.9 Å². The minimum atomic E-state index is -1.20. The summed E-state index contributed by atoms with van der Waals surface area (Å²) in [5.74, 6) is -0.917. The van der Waals surface area contributed by atoms with E-state index in [-0.39, 0.29) is 11.8 Å². The average molecular weight is 252 g/mol. The summed E-state index contributed by atoms with van der Waals surface area (Å²) in [5.41, 5.74) is 4.54. The lowest BCUT2D eigenvalue weighted by atomic mass is 9.88. The molecule has 6 heteroatoms. The van der Waals surface area contributed by atoms with Gasteiger partial charge in [0, 0.05) is 18.1 Å². The lowest BCUT2D eigenvalue weighted by molar-refractivity contribution is -0.131. The third-order valence-electron chi connectivity index (χ3n) is 3.76. The second kappa shape index (κ2) is 5.20. The molecule has 0 aromatic rings. The first-order valence-electron chi connectivity index (χ1n) is 6.07. The predicted octanol–water partition coefficient (Wildman–Crippen LogP) is 0.211. The maximum Gasteiger partial charge on any atom is 0.328 e. The fourth-order valence-electron chi connectivity index (χ4n) is 2.97. The number of nitrogens with one attached hydrogen (secondary N) is 2. The molecule has 6 nitrogen and oxygen atoms in total. The molecule has 2 bridgehead atoms. The van der Waals surface area contributed by atoms with E-state index in [4.69, 9.17) is 5.11 Å². The van der Waals surface area contributed by atoms with Crippen molar-refractivity contribution in [3.05, 3.63) is 12.2 Å². The molecule has 2 rings (SSSR count). The van der Waals surface area contributed by atoms with Crippen LogP contribution >= 0.6 is 0 Å². The number of aliphatic carboxylic acids is 1. The van der Waals surface area contributed by atoms with Crippen LogP contribution < -0.4 is 10.9 Å². The van der Waals surface area contributed by atoms with Crippen molar-refractivity contribution in [2.24, 2.45) is 17.8 Å². The molecular weight excluding hydrogens is 236 g/mol. The number of fused-ring (bicyclic) bond motifs is 2. The Labute approximate surface area is 104 Å². The third kappa shape index (κ3) is 2.88. The minimum absolute atomic E-state index is 0.00694. The molecule has 2 saturated carbocycles. The zero-order valence-corrected chi connectivity index (χ0v) is 9.89. The van der Waals surface area contributed by atoms with Crippen molar-refractivity contribution in [3.8, 4) is 0 Å². The second-order valence-corrected chi connectivity index (χ2v) is 4.93. The first-order valence-corrected chi connectivity index (χ1v) is 6.07. The SMILES string of the molecule is O=C(O)/C=C\C(=O)NNC(=O)[C@@H]1C[C@H]2CC[C@H]1C2. The van der Waals surface area contributed by atoms with E-state index in [1.165, 1.54) is 6.42 Å². The summed E-state index contributed by atoms with van der Waals surface area (Å²) >= 11 is 0. The first-order chi connectivity index (χ1) is 8.56. The van der Waals surface area contributed by atoms with Gasteiger partial charge in [0.1, 0.15) is 0 Å². The number of hydrazine groups is 1. The van der Waals surface area contributed by atoms with E-state index in [0.29, 0.717) is 11.8 Å². The van der Waals surface area contributed by atoms with Crippen LogP contribution in [0, 0.1) is 17.8 Å². The van der Waals surface area contributed by atoms with Crippen molar-refractivity contribution in [3.63, 3.8) is 0 Å². The molecule has 0 aromatic carbocycles. The number of rotatable bonds is 3. The zero-order valence-electron chi connectivity index (χ0n) is 9.89. The molecule has 0 aromatic heterocycles. The Hall–Kier alpha value is -1.85. The van der Waals surface area contributed by atoms with Gasteiger partial charge in [0.2, 0.25) is 5.91 Å². The molecule has 3 atom stereocenters. The Morgan fingerprint density at radius 1 is 1.06 bits per heavy atom. The molecule has 0 aliphatic heterocycles. The Bertz CT molecular complexity index is 405. The molecule has 2 aliphatic rings. The molecule has 3 N–H and O–H groups in total. The van der Waals surface area contributed by atoms with Gasteiger partial charge in [-0.05, 0) is 31.1 Å². The summed E-state index contributed by atoms with van der Waals surface area (Å²) < 4.78 is 0. The molecule has 2 aliphatic carbocycles. The van der Waals surface area contributed by atoms with Gasteiger partial charge in [-0.15, -0.1) is 0 Å². The van der Waals surface area contributed by atoms with Gasteiger partial charge < -0.3 is 5.11 Å². The zero-order chi connectivity index (χ0) is 13.1.